The maximum Gasteiger partial charge on any atom is 0.257 e. The molecule has 1 amide bonds. The number of nitrogens with zero attached hydrogens (tertiary/aromatic N) is 2. The molecular weight excluding hydrogens is 408 g/mol. The SMILES string of the molecule is CCN(CC)CCN(C(=O)c1cc(Br)ccc1O)C1CCS(=O)(=O)C1. The van der Waals surface area contributed by atoms with Crippen LogP contribution >= 0.6 is 15.9 Å². The molecule has 1 fully saturated rings. The number of carbonyl (C=O) groups is 1. The van der Waals surface area contributed by atoms with Gasteiger partial charge in [0.15, 0.2) is 9.84 Å². The predicted molar refractivity (Wildman–Crippen MR) is 102 cm³/mol. The van der Waals surface area contributed by atoms with E-state index in [9.17, 15) is 18.3 Å². The van der Waals surface area contributed by atoms with Crippen LogP contribution in [0.2, 0.25) is 0 Å². The molecule has 0 bridgehead atoms. The van der Waals surface area contributed by atoms with Crippen LogP contribution in [0.1, 0.15) is 30.6 Å². The maximum atomic E-state index is 13.0. The van der Waals surface area contributed by atoms with Crippen molar-refractivity contribution in [3.63, 3.8) is 0 Å². The summed E-state index contributed by atoms with van der Waals surface area (Å²) in [5.41, 5.74) is 0.193. The van der Waals surface area contributed by atoms with Gasteiger partial charge in [0.1, 0.15) is 5.75 Å². The lowest BCUT2D eigenvalue weighted by atomic mass is 10.1. The Balaban J connectivity index is 2.26. The van der Waals surface area contributed by atoms with Crippen molar-refractivity contribution in [2.75, 3.05) is 37.7 Å². The van der Waals surface area contributed by atoms with Crippen LogP contribution in [0.25, 0.3) is 0 Å². The normalized spacial score (nSPS) is 19.3. The van der Waals surface area contributed by atoms with Crippen molar-refractivity contribution in [2.24, 2.45) is 0 Å². The number of likely N-dealkylation sites (N-methyl/N-ethyl adjacent to an activating group) is 1. The first kappa shape index (κ1) is 20.2. The molecule has 2 rings (SSSR count). The van der Waals surface area contributed by atoms with Gasteiger partial charge in [-0.05, 0) is 37.7 Å². The third kappa shape index (κ3) is 5.18. The minimum Gasteiger partial charge on any atom is -0.507 e. The van der Waals surface area contributed by atoms with Gasteiger partial charge in [-0.1, -0.05) is 29.8 Å². The Morgan fingerprint density at radius 3 is 2.52 bits per heavy atom. The molecule has 8 heteroatoms. The Morgan fingerprint density at radius 1 is 1.28 bits per heavy atom. The van der Waals surface area contributed by atoms with Crippen molar-refractivity contribution in [2.45, 2.75) is 26.3 Å². The molecule has 1 heterocycles. The van der Waals surface area contributed by atoms with Crippen LogP contribution in [0.15, 0.2) is 22.7 Å². The molecule has 1 aromatic rings. The maximum absolute atomic E-state index is 13.0. The molecule has 1 atom stereocenters. The van der Waals surface area contributed by atoms with Gasteiger partial charge in [-0.3, -0.25) is 4.79 Å². The minimum atomic E-state index is -3.10. The third-order valence-corrected chi connectivity index (χ3v) is 6.89. The first-order chi connectivity index (χ1) is 11.8. The fourth-order valence-electron chi connectivity index (χ4n) is 3.09. The zero-order valence-corrected chi connectivity index (χ0v) is 17.0. The van der Waals surface area contributed by atoms with E-state index in [0.717, 1.165) is 13.1 Å². The molecule has 6 nitrogen and oxygen atoms in total. The summed E-state index contributed by atoms with van der Waals surface area (Å²) in [6.45, 7) is 6.94. The van der Waals surface area contributed by atoms with E-state index in [1.165, 1.54) is 6.07 Å². The predicted octanol–water partition coefficient (Wildman–Crippen LogP) is 2.13. The summed E-state index contributed by atoms with van der Waals surface area (Å²) in [4.78, 5) is 16.8. The molecule has 1 saturated heterocycles. The largest absolute Gasteiger partial charge is 0.507 e. The molecular formula is C17H25BrN2O4S. The average molecular weight is 433 g/mol. The Bertz CT molecular complexity index is 719. The van der Waals surface area contributed by atoms with E-state index in [4.69, 9.17) is 0 Å². The lowest BCUT2D eigenvalue weighted by Gasteiger charge is -2.31. The van der Waals surface area contributed by atoms with Crippen LogP contribution in [0.4, 0.5) is 0 Å². The van der Waals surface area contributed by atoms with Gasteiger partial charge in [-0.15, -0.1) is 0 Å². The summed E-state index contributed by atoms with van der Waals surface area (Å²) in [7, 11) is -3.10. The summed E-state index contributed by atoms with van der Waals surface area (Å²) in [6, 6.07) is 4.36. The van der Waals surface area contributed by atoms with E-state index in [-0.39, 0.29) is 34.8 Å². The number of amides is 1. The molecule has 0 aliphatic carbocycles. The quantitative estimate of drug-likeness (QED) is 0.713. The van der Waals surface area contributed by atoms with Gasteiger partial charge in [0, 0.05) is 23.6 Å². The number of halogens is 1. The second kappa shape index (κ2) is 8.51. The molecule has 0 spiro atoms. The number of carbonyl (C=O) groups excluding carboxylic acids is 1. The zero-order valence-electron chi connectivity index (χ0n) is 14.6. The van der Waals surface area contributed by atoms with Gasteiger partial charge in [0.05, 0.1) is 17.1 Å². The fourth-order valence-corrected chi connectivity index (χ4v) is 5.19. The second-order valence-corrected chi connectivity index (χ2v) is 9.39. The minimum absolute atomic E-state index is 0.00818. The van der Waals surface area contributed by atoms with Crippen LogP contribution in [0, 0.1) is 0 Å². The highest BCUT2D eigenvalue weighted by Gasteiger charge is 2.35. The molecule has 0 aromatic heterocycles. The average Bonchev–Trinajstić information content (AvgIpc) is 2.93. The highest BCUT2D eigenvalue weighted by atomic mass is 79.9. The van der Waals surface area contributed by atoms with Crippen molar-refractivity contribution in [3.05, 3.63) is 28.2 Å². The monoisotopic (exact) mass is 432 g/mol. The Kier molecular flexibility index (Phi) is 6.87. The Labute approximate surface area is 157 Å². The number of phenolic OH excluding ortho intramolecular Hbond substituents is 1. The molecule has 1 aliphatic rings. The first-order valence-electron chi connectivity index (χ1n) is 8.49. The van der Waals surface area contributed by atoms with Crippen molar-refractivity contribution in [1.29, 1.82) is 0 Å². The summed E-state index contributed by atoms with van der Waals surface area (Å²) < 4.78 is 24.4. The summed E-state index contributed by atoms with van der Waals surface area (Å²) in [6.07, 6.45) is 0.446. The van der Waals surface area contributed by atoms with Crippen LogP contribution in [0.3, 0.4) is 0 Å². The molecule has 140 valence electrons. The standard InChI is InChI=1S/C17H25BrN2O4S/c1-3-19(4-2)8-9-20(14-7-10-25(23,24)12-14)17(22)15-11-13(18)5-6-16(15)21/h5-6,11,14,21H,3-4,7-10,12H2,1-2H3. The van der Waals surface area contributed by atoms with Crippen molar-refractivity contribution < 1.29 is 18.3 Å². The topological polar surface area (TPSA) is 77.9 Å². The van der Waals surface area contributed by atoms with Crippen LogP contribution in [-0.4, -0.2) is 73.0 Å². The molecule has 1 N–H and O–H groups in total. The Hall–Kier alpha value is -1.12. The van der Waals surface area contributed by atoms with Gasteiger partial charge >= 0.3 is 0 Å². The molecule has 1 aromatic carbocycles. The number of hydrogen-bond acceptors (Lipinski definition) is 5. The summed E-state index contributed by atoms with van der Waals surface area (Å²) in [5, 5.41) is 10.1. The van der Waals surface area contributed by atoms with Gasteiger partial charge in [-0.25, -0.2) is 8.42 Å². The second-order valence-electron chi connectivity index (χ2n) is 6.24. The van der Waals surface area contributed by atoms with Gasteiger partial charge < -0.3 is 14.9 Å². The number of phenols is 1. The zero-order chi connectivity index (χ0) is 18.6. The molecule has 0 saturated carbocycles. The van der Waals surface area contributed by atoms with Gasteiger partial charge in [0.25, 0.3) is 5.91 Å². The summed E-state index contributed by atoms with van der Waals surface area (Å²) >= 11 is 3.31. The van der Waals surface area contributed by atoms with E-state index in [2.05, 4.69) is 34.7 Å². The molecule has 0 radical (unpaired) electrons. The number of aromatic hydroxyl groups is 1. The molecule has 1 aliphatic heterocycles. The number of rotatable bonds is 7. The summed E-state index contributed by atoms with van der Waals surface area (Å²) in [5.74, 6) is -0.321. The van der Waals surface area contributed by atoms with E-state index >= 15 is 0 Å². The highest BCUT2D eigenvalue weighted by molar-refractivity contribution is 9.10. The third-order valence-electron chi connectivity index (χ3n) is 4.65. The number of benzene rings is 1. The van der Waals surface area contributed by atoms with Crippen LogP contribution < -0.4 is 0 Å². The van der Waals surface area contributed by atoms with E-state index in [1.54, 1.807) is 17.0 Å². The van der Waals surface area contributed by atoms with Crippen LogP contribution in [-0.2, 0) is 9.84 Å². The van der Waals surface area contributed by atoms with E-state index in [1.807, 2.05) is 0 Å². The van der Waals surface area contributed by atoms with Gasteiger partial charge in [0.2, 0.25) is 0 Å². The number of hydrogen-bond donors (Lipinski definition) is 1. The van der Waals surface area contributed by atoms with Crippen molar-refractivity contribution in [3.8, 4) is 5.75 Å². The molecule has 25 heavy (non-hydrogen) atoms. The van der Waals surface area contributed by atoms with Crippen molar-refractivity contribution in [1.82, 2.24) is 9.80 Å². The lowest BCUT2D eigenvalue weighted by molar-refractivity contribution is 0.0671. The highest BCUT2D eigenvalue weighted by Crippen LogP contribution is 2.26. The van der Waals surface area contributed by atoms with E-state index in [0.29, 0.717) is 24.0 Å². The first-order valence-corrected chi connectivity index (χ1v) is 11.1. The van der Waals surface area contributed by atoms with Gasteiger partial charge in [-0.2, -0.15) is 0 Å². The van der Waals surface area contributed by atoms with E-state index < -0.39 is 9.84 Å². The smallest absolute Gasteiger partial charge is 0.257 e. The lowest BCUT2D eigenvalue weighted by Crippen LogP contribution is -2.45. The number of sulfone groups is 1. The molecule has 1 unspecified atom stereocenters. The van der Waals surface area contributed by atoms with Crippen LogP contribution in [0.5, 0.6) is 5.75 Å². The fraction of sp³-hybridized carbons (Fsp3) is 0.588. The Morgan fingerprint density at radius 2 is 1.96 bits per heavy atom. The van der Waals surface area contributed by atoms with Crippen molar-refractivity contribution >= 4 is 31.7 Å².